The molecule has 1 heterocycles. The fourth-order valence-corrected chi connectivity index (χ4v) is 3.33. The molecule has 1 N–H and O–H groups in total. The van der Waals surface area contributed by atoms with Gasteiger partial charge in [-0.25, -0.2) is 0 Å². The topological polar surface area (TPSA) is 46.5 Å². The van der Waals surface area contributed by atoms with Crippen molar-refractivity contribution in [3.8, 4) is 5.75 Å². The Morgan fingerprint density at radius 3 is 2.68 bits per heavy atom. The maximum atomic E-state index is 5.78. The van der Waals surface area contributed by atoms with E-state index in [0.29, 0.717) is 0 Å². The van der Waals surface area contributed by atoms with Crippen LogP contribution in [0.1, 0.15) is 43.9 Å². The first-order chi connectivity index (χ1) is 13.7. The van der Waals surface area contributed by atoms with Crippen LogP contribution in [0, 0.1) is 6.92 Å². The first-order valence-electron chi connectivity index (χ1n) is 9.74. The van der Waals surface area contributed by atoms with E-state index < -0.39 is 0 Å². The van der Waals surface area contributed by atoms with Gasteiger partial charge in [0.05, 0.1) is 24.0 Å². The Hall–Kier alpha value is -2.40. The molecule has 0 amide bonds. The van der Waals surface area contributed by atoms with Crippen LogP contribution < -0.4 is 10.2 Å². The first-order valence-corrected chi connectivity index (χ1v) is 10.5. The van der Waals surface area contributed by atoms with E-state index in [1.807, 2.05) is 61.7 Å². The van der Waals surface area contributed by atoms with Gasteiger partial charge in [0.1, 0.15) is 5.75 Å². The lowest BCUT2D eigenvalue weighted by Crippen LogP contribution is -1.97. The molecule has 0 bridgehead atoms. The van der Waals surface area contributed by atoms with Crippen LogP contribution in [0.15, 0.2) is 58.1 Å². The van der Waals surface area contributed by atoms with Crippen molar-refractivity contribution in [3.63, 3.8) is 0 Å². The summed E-state index contributed by atoms with van der Waals surface area (Å²) in [4.78, 5) is 4.57. The second-order valence-electron chi connectivity index (χ2n) is 6.82. The lowest BCUT2D eigenvalue weighted by Gasteiger charge is -2.08. The fraction of sp³-hybridized carbons (Fsp3) is 0.304. The Bertz CT molecular complexity index is 938. The van der Waals surface area contributed by atoms with E-state index in [9.17, 15) is 0 Å². The summed E-state index contributed by atoms with van der Waals surface area (Å²) in [5, 5.41) is 5.43. The summed E-state index contributed by atoms with van der Waals surface area (Å²) in [6.45, 7) is 4.98. The third-order valence-electron chi connectivity index (χ3n) is 4.44. The molecule has 0 aliphatic rings. The van der Waals surface area contributed by atoms with Crippen LogP contribution in [-0.2, 0) is 0 Å². The van der Waals surface area contributed by atoms with Crippen molar-refractivity contribution in [2.45, 2.75) is 39.5 Å². The molecule has 146 valence electrons. The molecule has 3 aromatic rings. The monoisotopic (exact) mass is 439 g/mol. The normalized spacial score (nSPS) is 11.2. The van der Waals surface area contributed by atoms with Crippen LogP contribution in [0.25, 0.3) is 10.9 Å². The van der Waals surface area contributed by atoms with Gasteiger partial charge in [0.2, 0.25) is 0 Å². The molecule has 0 aliphatic heterocycles. The lowest BCUT2D eigenvalue weighted by atomic mass is 10.1. The van der Waals surface area contributed by atoms with Crippen molar-refractivity contribution in [1.29, 1.82) is 0 Å². The van der Waals surface area contributed by atoms with Crippen molar-refractivity contribution in [2.24, 2.45) is 5.10 Å². The van der Waals surface area contributed by atoms with Gasteiger partial charge in [-0.2, -0.15) is 5.10 Å². The summed E-state index contributed by atoms with van der Waals surface area (Å²) >= 11 is 3.52. The van der Waals surface area contributed by atoms with Gasteiger partial charge in [0.25, 0.3) is 0 Å². The van der Waals surface area contributed by atoms with Gasteiger partial charge in [0, 0.05) is 15.6 Å². The van der Waals surface area contributed by atoms with Crippen molar-refractivity contribution in [3.05, 3.63) is 64.3 Å². The second-order valence-corrected chi connectivity index (χ2v) is 7.74. The van der Waals surface area contributed by atoms with Gasteiger partial charge in [-0.15, -0.1) is 0 Å². The van der Waals surface area contributed by atoms with Gasteiger partial charge in [0.15, 0.2) is 0 Å². The van der Waals surface area contributed by atoms with Gasteiger partial charge in [-0.1, -0.05) is 42.1 Å². The number of unbranched alkanes of at least 4 members (excludes halogenated alkanes) is 3. The molecule has 0 fully saturated rings. The number of pyridine rings is 1. The van der Waals surface area contributed by atoms with Crippen molar-refractivity contribution in [1.82, 2.24) is 4.98 Å². The summed E-state index contributed by atoms with van der Waals surface area (Å²) in [5.74, 6) is 0.905. The molecule has 3 rings (SSSR count). The summed E-state index contributed by atoms with van der Waals surface area (Å²) in [5.41, 5.74) is 7.00. The fourth-order valence-electron chi connectivity index (χ4n) is 2.97. The molecule has 2 aromatic carbocycles. The number of ether oxygens (including phenoxy) is 1. The summed E-state index contributed by atoms with van der Waals surface area (Å²) in [6, 6.07) is 16.1. The van der Waals surface area contributed by atoms with Crippen molar-refractivity contribution < 1.29 is 4.74 Å². The molecular formula is C23H26BrN3O. The number of hydrazone groups is 1. The number of anilines is 1. The maximum absolute atomic E-state index is 5.78. The van der Waals surface area contributed by atoms with E-state index >= 15 is 0 Å². The Morgan fingerprint density at radius 1 is 1.07 bits per heavy atom. The number of hydrogen-bond acceptors (Lipinski definition) is 4. The molecule has 4 nitrogen and oxygen atoms in total. The van der Waals surface area contributed by atoms with Gasteiger partial charge < -0.3 is 4.74 Å². The quantitative estimate of drug-likeness (QED) is 0.229. The molecule has 1 aromatic heterocycles. The number of rotatable bonds is 9. The zero-order valence-corrected chi connectivity index (χ0v) is 18.0. The summed E-state index contributed by atoms with van der Waals surface area (Å²) in [6.07, 6.45) is 6.66. The molecule has 28 heavy (non-hydrogen) atoms. The zero-order chi connectivity index (χ0) is 19.8. The second kappa shape index (κ2) is 10.2. The molecule has 0 saturated carbocycles. The Morgan fingerprint density at radius 2 is 1.89 bits per heavy atom. The number of aryl methyl sites for hydroxylation is 1. The molecule has 0 saturated heterocycles. The summed E-state index contributed by atoms with van der Waals surface area (Å²) in [7, 11) is 0. The standard InChI is InChI=1S/C23H26BrN3O/c1-3-4-5-6-13-28-20-10-7-18(8-11-20)16-25-27-23-14-17(2)26-22-12-9-19(24)15-21(22)23/h7-12,14-16H,3-6,13H2,1-2H3,(H,26,27)/b25-16+. The smallest absolute Gasteiger partial charge is 0.119 e. The van der Waals surface area contributed by atoms with Crippen LogP contribution >= 0.6 is 15.9 Å². The number of nitrogens with zero attached hydrogens (tertiary/aromatic N) is 2. The maximum Gasteiger partial charge on any atom is 0.119 e. The molecule has 0 unspecified atom stereocenters. The molecule has 5 heteroatoms. The van der Waals surface area contributed by atoms with Crippen molar-refractivity contribution in [2.75, 3.05) is 12.0 Å². The van der Waals surface area contributed by atoms with E-state index in [1.165, 1.54) is 19.3 Å². The third-order valence-corrected chi connectivity index (χ3v) is 4.94. The minimum atomic E-state index is 0.777. The van der Waals surface area contributed by atoms with Crippen LogP contribution in [0.2, 0.25) is 0 Å². The van der Waals surface area contributed by atoms with E-state index in [-0.39, 0.29) is 0 Å². The predicted molar refractivity (Wildman–Crippen MR) is 121 cm³/mol. The molecular weight excluding hydrogens is 414 g/mol. The van der Waals surface area contributed by atoms with Gasteiger partial charge in [-0.05, 0) is 67.4 Å². The average molecular weight is 440 g/mol. The van der Waals surface area contributed by atoms with Crippen LogP contribution in [0.5, 0.6) is 5.75 Å². The Balaban J connectivity index is 1.60. The molecule has 0 spiro atoms. The van der Waals surface area contributed by atoms with E-state index in [0.717, 1.165) is 51.1 Å². The highest BCUT2D eigenvalue weighted by Gasteiger charge is 2.04. The summed E-state index contributed by atoms with van der Waals surface area (Å²) < 4.78 is 6.80. The number of hydrogen-bond donors (Lipinski definition) is 1. The van der Waals surface area contributed by atoms with E-state index in [2.05, 4.69) is 38.4 Å². The highest BCUT2D eigenvalue weighted by atomic mass is 79.9. The van der Waals surface area contributed by atoms with Crippen LogP contribution in [0.4, 0.5) is 5.69 Å². The predicted octanol–water partition coefficient (Wildman–Crippen LogP) is 6.71. The zero-order valence-electron chi connectivity index (χ0n) is 16.4. The SMILES string of the molecule is CCCCCCOc1ccc(/C=N/Nc2cc(C)nc3ccc(Br)cc23)cc1. The number of benzene rings is 2. The van der Waals surface area contributed by atoms with Gasteiger partial charge in [-0.3, -0.25) is 10.4 Å². The highest BCUT2D eigenvalue weighted by Crippen LogP contribution is 2.26. The third kappa shape index (κ3) is 5.80. The van der Waals surface area contributed by atoms with E-state index in [4.69, 9.17) is 4.74 Å². The van der Waals surface area contributed by atoms with Crippen LogP contribution in [0.3, 0.4) is 0 Å². The Labute approximate surface area is 175 Å². The number of aromatic nitrogens is 1. The number of fused-ring (bicyclic) bond motifs is 1. The van der Waals surface area contributed by atoms with Crippen molar-refractivity contribution >= 4 is 38.7 Å². The lowest BCUT2D eigenvalue weighted by molar-refractivity contribution is 0.305. The molecule has 0 aliphatic carbocycles. The van der Waals surface area contributed by atoms with Gasteiger partial charge >= 0.3 is 0 Å². The number of nitrogens with one attached hydrogen (secondary N) is 1. The van der Waals surface area contributed by atoms with E-state index in [1.54, 1.807) is 0 Å². The molecule has 0 atom stereocenters. The Kier molecular flexibility index (Phi) is 7.43. The average Bonchev–Trinajstić information content (AvgIpc) is 2.69. The van der Waals surface area contributed by atoms with Crippen LogP contribution in [-0.4, -0.2) is 17.8 Å². The minimum Gasteiger partial charge on any atom is -0.494 e. The number of halogens is 1. The highest BCUT2D eigenvalue weighted by molar-refractivity contribution is 9.10. The molecule has 0 radical (unpaired) electrons. The minimum absolute atomic E-state index is 0.777. The first kappa shape index (κ1) is 20.3. The largest absolute Gasteiger partial charge is 0.494 e.